The standard InChI is InChI=1S/C18H20N4O3/c1-24-15-9-12(14-4-5-20-18(19)21-14)8-13-10-22(6-7-25-16(13)15)17(23)11-2-3-11/h4-5,8-9,11H,2-3,6-7,10H2,1H3,(H2,19,20,21). The third-order valence-corrected chi connectivity index (χ3v) is 4.53. The summed E-state index contributed by atoms with van der Waals surface area (Å²) in [6.45, 7) is 1.56. The Kier molecular flexibility index (Phi) is 3.91. The Morgan fingerprint density at radius 2 is 2.24 bits per heavy atom. The molecule has 0 saturated heterocycles. The van der Waals surface area contributed by atoms with Crippen molar-refractivity contribution in [3.8, 4) is 22.8 Å². The summed E-state index contributed by atoms with van der Waals surface area (Å²) in [4.78, 5) is 22.6. The number of benzene rings is 1. The van der Waals surface area contributed by atoms with Gasteiger partial charge in [-0.15, -0.1) is 0 Å². The lowest BCUT2D eigenvalue weighted by molar-refractivity contribution is -0.133. The summed E-state index contributed by atoms with van der Waals surface area (Å²) in [5.41, 5.74) is 8.18. The largest absolute Gasteiger partial charge is 0.493 e. The molecule has 25 heavy (non-hydrogen) atoms. The zero-order valence-corrected chi connectivity index (χ0v) is 14.1. The van der Waals surface area contributed by atoms with Gasteiger partial charge in [-0.2, -0.15) is 0 Å². The number of nitrogen functional groups attached to an aromatic ring is 1. The third-order valence-electron chi connectivity index (χ3n) is 4.53. The van der Waals surface area contributed by atoms with E-state index in [4.69, 9.17) is 15.2 Å². The molecule has 1 saturated carbocycles. The number of nitrogens with zero attached hydrogens (tertiary/aromatic N) is 3. The lowest BCUT2D eigenvalue weighted by atomic mass is 10.0. The number of nitrogens with two attached hydrogens (primary N) is 1. The van der Waals surface area contributed by atoms with Crippen LogP contribution in [0.15, 0.2) is 24.4 Å². The Morgan fingerprint density at radius 3 is 2.96 bits per heavy atom. The summed E-state index contributed by atoms with van der Waals surface area (Å²) in [7, 11) is 1.61. The van der Waals surface area contributed by atoms with Crippen molar-refractivity contribution < 1.29 is 14.3 Å². The SMILES string of the molecule is COc1cc(-c2ccnc(N)n2)cc2c1OCCN(C(=O)C1CC1)C2. The summed E-state index contributed by atoms with van der Waals surface area (Å²) < 4.78 is 11.4. The highest BCUT2D eigenvalue weighted by atomic mass is 16.5. The van der Waals surface area contributed by atoms with Crippen LogP contribution in [-0.2, 0) is 11.3 Å². The molecule has 1 aromatic carbocycles. The molecule has 1 aromatic heterocycles. The van der Waals surface area contributed by atoms with Gasteiger partial charge in [0.2, 0.25) is 11.9 Å². The van der Waals surface area contributed by atoms with Crippen LogP contribution in [0.4, 0.5) is 5.95 Å². The maximum atomic E-state index is 12.5. The number of carbonyl (C=O) groups excluding carboxylic acids is 1. The number of fused-ring (bicyclic) bond motifs is 1. The number of ether oxygens (including phenoxy) is 2. The van der Waals surface area contributed by atoms with Gasteiger partial charge in [0.05, 0.1) is 19.3 Å². The fraction of sp³-hybridized carbons (Fsp3) is 0.389. The van der Waals surface area contributed by atoms with E-state index in [-0.39, 0.29) is 17.8 Å². The highest BCUT2D eigenvalue weighted by Crippen LogP contribution is 2.39. The number of rotatable bonds is 3. The second-order valence-corrected chi connectivity index (χ2v) is 6.35. The molecule has 0 bridgehead atoms. The summed E-state index contributed by atoms with van der Waals surface area (Å²) in [5.74, 6) is 1.94. The summed E-state index contributed by atoms with van der Waals surface area (Å²) in [5, 5.41) is 0. The van der Waals surface area contributed by atoms with Crippen molar-refractivity contribution >= 4 is 11.9 Å². The molecule has 2 aliphatic rings. The van der Waals surface area contributed by atoms with Gasteiger partial charge in [-0.25, -0.2) is 9.97 Å². The van der Waals surface area contributed by atoms with E-state index in [2.05, 4.69) is 9.97 Å². The van der Waals surface area contributed by atoms with Crippen LogP contribution >= 0.6 is 0 Å². The summed E-state index contributed by atoms with van der Waals surface area (Å²) in [6, 6.07) is 5.65. The predicted molar refractivity (Wildman–Crippen MR) is 92.1 cm³/mol. The van der Waals surface area contributed by atoms with Gasteiger partial charge in [-0.1, -0.05) is 0 Å². The molecule has 1 aliphatic heterocycles. The van der Waals surface area contributed by atoms with Crippen LogP contribution in [0.1, 0.15) is 18.4 Å². The van der Waals surface area contributed by atoms with E-state index in [0.29, 0.717) is 36.9 Å². The molecule has 2 N–H and O–H groups in total. The fourth-order valence-electron chi connectivity index (χ4n) is 3.09. The Balaban J connectivity index is 1.74. The normalized spacial score (nSPS) is 16.6. The van der Waals surface area contributed by atoms with E-state index < -0.39 is 0 Å². The molecule has 0 radical (unpaired) electrons. The van der Waals surface area contributed by atoms with Crippen LogP contribution in [0.5, 0.6) is 11.5 Å². The molecule has 0 atom stereocenters. The second kappa shape index (κ2) is 6.23. The van der Waals surface area contributed by atoms with E-state index in [1.165, 1.54) is 0 Å². The third kappa shape index (κ3) is 3.09. The van der Waals surface area contributed by atoms with Gasteiger partial charge >= 0.3 is 0 Å². The lowest BCUT2D eigenvalue weighted by Gasteiger charge is -2.20. The molecule has 7 nitrogen and oxygen atoms in total. The highest BCUT2D eigenvalue weighted by Gasteiger charge is 2.34. The van der Waals surface area contributed by atoms with Crippen LogP contribution in [0.25, 0.3) is 11.3 Å². The van der Waals surface area contributed by atoms with E-state index >= 15 is 0 Å². The summed E-state index contributed by atoms with van der Waals surface area (Å²) >= 11 is 0. The molecule has 0 unspecified atom stereocenters. The average molecular weight is 340 g/mol. The van der Waals surface area contributed by atoms with Gasteiger partial charge in [0.25, 0.3) is 0 Å². The first-order valence-electron chi connectivity index (χ1n) is 8.37. The van der Waals surface area contributed by atoms with E-state index in [1.54, 1.807) is 19.4 Å². The van der Waals surface area contributed by atoms with Crippen molar-refractivity contribution in [2.75, 3.05) is 26.0 Å². The van der Waals surface area contributed by atoms with E-state index in [9.17, 15) is 4.79 Å². The van der Waals surface area contributed by atoms with Gasteiger partial charge in [-0.05, 0) is 31.0 Å². The lowest BCUT2D eigenvalue weighted by Crippen LogP contribution is -2.33. The number of methoxy groups -OCH3 is 1. The molecule has 2 heterocycles. The zero-order chi connectivity index (χ0) is 17.4. The Bertz CT molecular complexity index is 820. The number of hydrogen-bond acceptors (Lipinski definition) is 6. The minimum Gasteiger partial charge on any atom is -0.493 e. The summed E-state index contributed by atoms with van der Waals surface area (Å²) in [6.07, 6.45) is 3.61. The number of hydrogen-bond donors (Lipinski definition) is 1. The molecule has 1 fully saturated rings. The molecule has 2 aromatic rings. The van der Waals surface area contributed by atoms with Crippen molar-refractivity contribution in [2.45, 2.75) is 19.4 Å². The molecule has 1 amide bonds. The minimum atomic E-state index is 0.188. The van der Waals surface area contributed by atoms with E-state index in [0.717, 1.165) is 24.0 Å². The Hall–Kier alpha value is -2.83. The molecule has 130 valence electrons. The van der Waals surface area contributed by atoms with Crippen molar-refractivity contribution in [3.63, 3.8) is 0 Å². The maximum absolute atomic E-state index is 12.5. The van der Waals surface area contributed by atoms with Gasteiger partial charge < -0.3 is 20.1 Å². The van der Waals surface area contributed by atoms with Crippen LogP contribution in [0, 0.1) is 5.92 Å². The van der Waals surface area contributed by atoms with Crippen molar-refractivity contribution in [2.24, 2.45) is 5.92 Å². The number of anilines is 1. The molecule has 0 spiro atoms. The van der Waals surface area contributed by atoms with E-state index in [1.807, 2.05) is 17.0 Å². The van der Waals surface area contributed by atoms with Crippen LogP contribution in [-0.4, -0.2) is 41.0 Å². The van der Waals surface area contributed by atoms with Crippen molar-refractivity contribution in [1.82, 2.24) is 14.9 Å². The van der Waals surface area contributed by atoms with Gasteiger partial charge in [0, 0.05) is 29.8 Å². The number of amides is 1. The van der Waals surface area contributed by atoms with Crippen LogP contribution in [0.3, 0.4) is 0 Å². The molecule has 4 rings (SSSR count). The fourth-order valence-corrected chi connectivity index (χ4v) is 3.09. The monoisotopic (exact) mass is 340 g/mol. The quantitative estimate of drug-likeness (QED) is 0.917. The molecular formula is C18H20N4O3. The predicted octanol–water partition coefficient (Wildman–Crippen LogP) is 1.87. The molecule has 7 heteroatoms. The van der Waals surface area contributed by atoms with Gasteiger partial charge in [0.15, 0.2) is 11.5 Å². The first kappa shape index (κ1) is 15.7. The van der Waals surface area contributed by atoms with Gasteiger partial charge in [0.1, 0.15) is 6.61 Å². The topological polar surface area (TPSA) is 90.6 Å². The maximum Gasteiger partial charge on any atom is 0.226 e. The average Bonchev–Trinajstić information content (AvgIpc) is 3.46. The van der Waals surface area contributed by atoms with Crippen LogP contribution < -0.4 is 15.2 Å². The minimum absolute atomic E-state index is 0.188. The molecule has 1 aliphatic carbocycles. The Labute approximate surface area is 145 Å². The number of aromatic nitrogens is 2. The van der Waals surface area contributed by atoms with Crippen molar-refractivity contribution in [3.05, 3.63) is 30.0 Å². The second-order valence-electron chi connectivity index (χ2n) is 6.35. The van der Waals surface area contributed by atoms with Crippen molar-refractivity contribution in [1.29, 1.82) is 0 Å². The van der Waals surface area contributed by atoms with Gasteiger partial charge in [-0.3, -0.25) is 4.79 Å². The van der Waals surface area contributed by atoms with Crippen LogP contribution in [0.2, 0.25) is 0 Å². The first-order chi connectivity index (χ1) is 12.2. The molecular weight excluding hydrogens is 320 g/mol. The zero-order valence-electron chi connectivity index (χ0n) is 14.1. The highest BCUT2D eigenvalue weighted by molar-refractivity contribution is 5.81. The first-order valence-corrected chi connectivity index (χ1v) is 8.37. The Morgan fingerprint density at radius 1 is 1.40 bits per heavy atom. The number of carbonyl (C=O) groups is 1. The smallest absolute Gasteiger partial charge is 0.226 e.